The van der Waals surface area contributed by atoms with E-state index in [0.29, 0.717) is 64.5 Å². The minimum atomic E-state index is -0.882. The Hall–Kier alpha value is -2.10. The van der Waals surface area contributed by atoms with Crippen LogP contribution in [0.2, 0.25) is 0 Å². The van der Waals surface area contributed by atoms with Gasteiger partial charge in [-0.1, -0.05) is 47.1 Å². The van der Waals surface area contributed by atoms with Crippen molar-refractivity contribution in [3.8, 4) is 0 Å². The summed E-state index contributed by atoms with van der Waals surface area (Å²) in [5, 5.41) is 18.8. The van der Waals surface area contributed by atoms with Crippen molar-refractivity contribution >= 4 is 23.5 Å². The van der Waals surface area contributed by atoms with Gasteiger partial charge in [-0.2, -0.15) is 0 Å². The van der Waals surface area contributed by atoms with Crippen LogP contribution in [0.15, 0.2) is 11.6 Å². The second-order valence-corrected chi connectivity index (χ2v) is 18.5. The van der Waals surface area contributed by atoms with Gasteiger partial charge in [-0.15, -0.1) is 0 Å². The molecule has 5 aliphatic rings. The number of hydrogen-bond acceptors (Lipinski definition) is 7. The first-order chi connectivity index (χ1) is 23.4. The zero-order chi connectivity index (χ0) is 36.8. The number of rotatable bonds is 15. The fourth-order valence-corrected chi connectivity index (χ4v) is 12.2. The zero-order valence-electron chi connectivity index (χ0n) is 31.9. The second kappa shape index (κ2) is 14.4. The highest BCUT2D eigenvalue weighted by atomic mass is 16.5. The molecular weight excluding hydrogens is 636 g/mol. The van der Waals surface area contributed by atoms with Crippen LogP contribution in [0.4, 0.5) is 0 Å². The van der Waals surface area contributed by atoms with Crippen LogP contribution >= 0.6 is 0 Å². The smallest absolute Gasteiger partial charge is 0.309 e. The number of ether oxygens (including phenoxy) is 3. The van der Waals surface area contributed by atoms with E-state index in [1.54, 1.807) is 0 Å². The minimum absolute atomic E-state index is 0.0181. The monoisotopic (exact) mass is 700 g/mol. The van der Waals surface area contributed by atoms with Crippen LogP contribution in [0.5, 0.6) is 0 Å². The third kappa shape index (κ3) is 6.77. The standard InChI is InChI=1S/C41H64O9/c1-36(2)27(30(42)9-8-19-48-21-23-50-24-22-49-20-12-33(44)45)10-13-39(5)32(36)11-14-41(7)34(39)31(43)25-28-29-26-38(4,35(46)47)16-15-37(29,3)17-18-40(28,41)6/h25,27,29,32,34H,8-24,26H2,1-7H3,(H,44,45)(H,46,47)/t27-,29+,32+,34-,37-,38+,39+,40-,41-/m1/s1. The number of allylic oxidation sites excluding steroid dienone is 2. The summed E-state index contributed by atoms with van der Waals surface area (Å²) >= 11 is 0. The second-order valence-electron chi connectivity index (χ2n) is 18.5. The molecule has 0 bridgehead atoms. The van der Waals surface area contributed by atoms with Gasteiger partial charge in [0.05, 0.1) is 44.9 Å². The lowest BCUT2D eigenvalue weighted by molar-refractivity contribution is -0.194. The van der Waals surface area contributed by atoms with Gasteiger partial charge < -0.3 is 24.4 Å². The van der Waals surface area contributed by atoms with Gasteiger partial charge in [0.2, 0.25) is 0 Å². The lowest BCUT2D eigenvalue weighted by atomic mass is 9.33. The van der Waals surface area contributed by atoms with E-state index in [9.17, 15) is 24.3 Å². The summed E-state index contributed by atoms with van der Waals surface area (Å²) in [6.45, 7) is 18.2. The number of carboxylic acid groups (broad SMARTS) is 2. The van der Waals surface area contributed by atoms with Gasteiger partial charge >= 0.3 is 11.9 Å². The van der Waals surface area contributed by atoms with Crippen molar-refractivity contribution in [2.24, 2.45) is 56.2 Å². The van der Waals surface area contributed by atoms with Gasteiger partial charge in [0, 0.05) is 24.9 Å². The van der Waals surface area contributed by atoms with Gasteiger partial charge in [-0.25, -0.2) is 0 Å². The average molecular weight is 701 g/mol. The topological polar surface area (TPSA) is 136 Å². The summed E-state index contributed by atoms with van der Waals surface area (Å²) in [5.41, 5.74) is -0.283. The Labute approximate surface area is 299 Å². The van der Waals surface area contributed by atoms with Crippen molar-refractivity contribution in [2.75, 3.05) is 39.6 Å². The highest BCUT2D eigenvalue weighted by molar-refractivity contribution is 5.96. The van der Waals surface area contributed by atoms with Crippen molar-refractivity contribution in [1.82, 2.24) is 0 Å². The normalized spacial score (nSPS) is 40.5. The van der Waals surface area contributed by atoms with E-state index in [2.05, 4.69) is 41.5 Å². The molecule has 4 saturated carbocycles. The Morgan fingerprint density at radius 1 is 0.760 bits per heavy atom. The summed E-state index contributed by atoms with van der Waals surface area (Å²) in [5.74, 6) is -0.825. The van der Waals surface area contributed by atoms with Crippen LogP contribution in [0.25, 0.3) is 0 Å². The first-order valence-corrected chi connectivity index (χ1v) is 19.3. The molecule has 0 aromatic carbocycles. The molecule has 0 saturated heterocycles. The molecule has 0 unspecified atom stereocenters. The van der Waals surface area contributed by atoms with Crippen molar-refractivity contribution in [3.63, 3.8) is 0 Å². The van der Waals surface area contributed by atoms with Crippen LogP contribution in [0.1, 0.15) is 126 Å². The molecule has 50 heavy (non-hydrogen) atoms. The number of carboxylic acids is 2. The number of aliphatic carboxylic acids is 2. The molecular formula is C41H64O9. The lowest BCUT2D eigenvalue weighted by Gasteiger charge is -2.70. The predicted molar refractivity (Wildman–Crippen MR) is 190 cm³/mol. The van der Waals surface area contributed by atoms with Crippen molar-refractivity contribution < 1.29 is 43.6 Å². The molecule has 0 spiro atoms. The number of carbonyl (C=O) groups excluding carboxylic acids is 2. The lowest BCUT2D eigenvalue weighted by Crippen LogP contribution is -2.66. The first-order valence-electron chi connectivity index (χ1n) is 19.3. The van der Waals surface area contributed by atoms with E-state index in [0.717, 1.165) is 44.9 Å². The van der Waals surface area contributed by atoms with Crippen molar-refractivity contribution in [3.05, 3.63) is 11.6 Å². The van der Waals surface area contributed by atoms with E-state index in [4.69, 9.17) is 19.3 Å². The average Bonchev–Trinajstić information content (AvgIpc) is 3.02. The molecule has 4 fully saturated rings. The third-order valence-corrected chi connectivity index (χ3v) is 15.4. The molecule has 282 valence electrons. The van der Waals surface area contributed by atoms with Gasteiger partial charge in [-0.05, 0) is 116 Å². The SMILES string of the molecule is CC1(C)[C@@H](C(=O)CCCOCCOCCOCCC(=O)O)CC[C@]2(C)[C@H]3C(=O)C=C4[C@@H]5C[C@@](C)(C(=O)O)CC[C@]5(C)CC[C@@]4(C)[C@]3(C)CC[C@@H]12. The maximum Gasteiger partial charge on any atom is 0.309 e. The molecule has 2 N–H and O–H groups in total. The number of hydrogen-bond donors (Lipinski definition) is 2. The number of carbonyl (C=O) groups is 4. The molecule has 0 aromatic heterocycles. The van der Waals surface area contributed by atoms with Gasteiger partial charge in [-0.3, -0.25) is 19.2 Å². The molecule has 9 heteroatoms. The maximum atomic E-state index is 14.6. The van der Waals surface area contributed by atoms with Crippen LogP contribution in [0.3, 0.4) is 0 Å². The summed E-state index contributed by atoms with van der Waals surface area (Å²) in [4.78, 5) is 51.3. The number of ketones is 2. The zero-order valence-corrected chi connectivity index (χ0v) is 31.9. The summed E-state index contributed by atoms with van der Waals surface area (Å²) in [6.07, 6.45) is 11.1. The van der Waals surface area contributed by atoms with E-state index < -0.39 is 17.4 Å². The molecule has 0 amide bonds. The van der Waals surface area contributed by atoms with E-state index in [1.807, 2.05) is 13.0 Å². The Morgan fingerprint density at radius 3 is 2.02 bits per heavy atom. The largest absolute Gasteiger partial charge is 0.481 e. The Kier molecular flexibility index (Phi) is 11.2. The van der Waals surface area contributed by atoms with Gasteiger partial charge in [0.15, 0.2) is 5.78 Å². The minimum Gasteiger partial charge on any atom is -0.481 e. The van der Waals surface area contributed by atoms with Crippen molar-refractivity contribution in [1.29, 1.82) is 0 Å². The quantitative estimate of drug-likeness (QED) is 0.166. The van der Waals surface area contributed by atoms with Crippen molar-refractivity contribution in [2.45, 2.75) is 126 Å². The molecule has 0 radical (unpaired) electrons. The highest BCUT2D eigenvalue weighted by Gasteiger charge is 2.70. The molecule has 9 nitrogen and oxygen atoms in total. The van der Waals surface area contributed by atoms with Gasteiger partial charge in [0.1, 0.15) is 5.78 Å². The van der Waals surface area contributed by atoms with Crippen LogP contribution in [-0.2, 0) is 33.4 Å². The molecule has 9 atom stereocenters. The predicted octanol–water partition coefficient (Wildman–Crippen LogP) is 7.54. The summed E-state index contributed by atoms with van der Waals surface area (Å²) < 4.78 is 16.4. The van der Waals surface area contributed by atoms with Gasteiger partial charge in [0.25, 0.3) is 0 Å². The number of fused-ring (bicyclic) bond motifs is 7. The molecule has 5 aliphatic carbocycles. The van der Waals surface area contributed by atoms with Crippen LogP contribution in [0, 0.1) is 56.2 Å². The fourth-order valence-electron chi connectivity index (χ4n) is 12.2. The fraction of sp³-hybridized carbons (Fsp3) is 0.854. The van der Waals surface area contributed by atoms with E-state index in [1.165, 1.54) is 5.57 Å². The Balaban J connectivity index is 1.21. The number of Topliss-reactive ketones (excluding diaryl/α,β-unsaturated/α-hetero) is 1. The molecule has 5 rings (SSSR count). The van der Waals surface area contributed by atoms with E-state index >= 15 is 0 Å². The Bertz CT molecular complexity index is 1350. The first kappa shape index (κ1) is 39.1. The maximum absolute atomic E-state index is 14.6. The summed E-state index contributed by atoms with van der Waals surface area (Å²) in [6, 6.07) is 0. The molecule has 0 heterocycles. The highest BCUT2D eigenvalue weighted by Crippen LogP contribution is 2.75. The van der Waals surface area contributed by atoms with Crippen LogP contribution < -0.4 is 0 Å². The molecule has 0 aromatic rings. The molecule has 0 aliphatic heterocycles. The van der Waals surface area contributed by atoms with E-state index in [-0.39, 0.29) is 69.6 Å². The Morgan fingerprint density at radius 2 is 1.38 bits per heavy atom. The third-order valence-electron chi connectivity index (χ3n) is 15.4. The summed E-state index contributed by atoms with van der Waals surface area (Å²) in [7, 11) is 0. The van der Waals surface area contributed by atoms with Crippen LogP contribution in [-0.4, -0.2) is 73.4 Å².